The van der Waals surface area contributed by atoms with Crippen LogP contribution in [0.2, 0.25) is 0 Å². The average Bonchev–Trinajstić information content (AvgIpc) is 2.88. The summed E-state index contributed by atoms with van der Waals surface area (Å²) in [6, 6.07) is 0. The number of carbonyl (C=O) groups excluding carboxylic acids is 2. The molecular weight excluding hydrogens is 462 g/mol. The molecule has 0 aromatic rings. The zero-order chi connectivity index (χ0) is 26.9. The van der Waals surface area contributed by atoms with E-state index in [0.29, 0.717) is 26.2 Å². The lowest BCUT2D eigenvalue weighted by Crippen LogP contribution is -2.25. The third-order valence-corrected chi connectivity index (χ3v) is 5.31. The molecule has 0 saturated heterocycles. The van der Waals surface area contributed by atoms with Gasteiger partial charge in [0, 0.05) is 18.9 Å². The third-order valence-electron chi connectivity index (χ3n) is 5.31. The van der Waals surface area contributed by atoms with Crippen LogP contribution in [0.1, 0.15) is 79.6 Å². The summed E-state index contributed by atoms with van der Waals surface area (Å²) in [5.41, 5.74) is 0. The van der Waals surface area contributed by atoms with Gasteiger partial charge in [0.25, 0.3) is 0 Å². The molecule has 0 aliphatic heterocycles. The highest BCUT2D eigenvalue weighted by atomic mass is 16.7. The van der Waals surface area contributed by atoms with Crippen LogP contribution in [0.15, 0.2) is 24.3 Å². The van der Waals surface area contributed by atoms with E-state index in [2.05, 4.69) is 56.9 Å². The van der Waals surface area contributed by atoms with Crippen LogP contribution in [0, 0.1) is 5.92 Å². The van der Waals surface area contributed by atoms with Crippen molar-refractivity contribution in [3.05, 3.63) is 24.3 Å². The summed E-state index contributed by atoms with van der Waals surface area (Å²) in [4.78, 5) is 26.2. The first kappa shape index (κ1) is 34.1. The fourth-order valence-electron chi connectivity index (χ4n) is 3.15. The number of ether oxygens (including phenoxy) is 5. The number of carbonyl (C=O) groups is 2. The van der Waals surface area contributed by atoms with Crippen LogP contribution in [0.25, 0.3) is 0 Å². The van der Waals surface area contributed by atoms with Gasteiger partial charge in [0.2, 0.25) is 0 Å². The van der Waals surface area contributed by atoms with Gasteiger partial charge in [-0.05, 0) is 45.2 Å². The first-order valence-electron chi connectivity index (χ1n) is 13.7. The number of allylic oxidation sites excluding steroid dienone is 2. The van der Waals surface area contributed by atoms with Crippen LogP contribution in [-0.4, -0.2) is 76.0 Å². The molecule has 0 aromatic carbocycles. The standard InChI is InChI=1S/C28H51NO7/c1-6-10-12-14-20-32-27(33-21-15-13-11-7-2)18-17-26(30)35-23-25(5)24-36-28(31)34-22-16-19-29(8-3)9-4/h10-13,25,27H,6-9,14-24H2,1-5H3/b12-10-,13-11-. The first-order chi connectivity index (χ1) is 17.5. The quantitative estimate of drug-likeness (QED) is 0.0722. The molecule has 0 heterocycles. The van der Waals surface area contributed by atoms with Gasteiger partial charge in [0.1, 0.15) is 6.61 Å². The van der Waals surface area contributed by atoms with Gasteiger partial charge in [-0.25, -0.2) is 4.79 Å². The highest BCUT2D eigenvalue weighted by molar-refractivity contribution is 5.69. The Morgan fingerprint density at radius 1 is 0.778 bits per heavy atom. The molecule has 0 aromatic heterocycles. The molecule has 8 nitrogen and oxygen atoms in total. The van der Waals surface area contributed by atoms with E-state index >= 15 is 0 Å². The van der Waals surface area contributed by atoms with Crippen molar-refractivity contribution >= 4 is 12.1 Å². The molecule has 0 rings (SSSR count). The lowest BCUT2D eigenvalue weighted by molar-refractivity contribution is -0.158. The minimum atomic E-state index is -0.688. The van der Waals surface area contributed by atoms with Gasteiger partial charge in [-0.15, -0.1) is 0 Å². The fraction of sp³-hybridized carbons (Fsp3) is 0.786. The number of esters is 1. The number of rotatable bonds is 23. The highest BCUT2D eigenvalue weighted by Crippen LogP contribution is 2.09. The van der Waals surface area contributed by atoms with Crippen molar-refractivity contribution in [2.24, 2.45) is 5.92 Å². The van der Waals surface area contributed by atoms with Crippen molar-refractivity contribution < 1.29 is 33.3 Å². The van der Waals surface area contributed by atoms with Crippen LogP contribution in [-0.2, 0) is 28.5 Å². The third kappa shape index (κ3) is 21.4. The minimum Gasteiger partial charge on any atom is -0.465 e. The second-order valence-corrected chi connectivity index (χ2v) is 8.62. The second-order valence-electron chi connectivity index (χ2n) is 8.62. The summed E-state index contributed by atoms with van der Waals surface area (Å²) in [6.45, 7) is 14.8. The van der Waals surface area contributed by atoms with E-state index in [1.54, 1.807) is 0 Å². The van der Waals surface area contributed by atoms with Crippen molar-refractivity contribution in [3.63, 3.8) is 0 Å². The Morgan fingerprint density at radius 3 is 1.92 bits per heavy atom. The monoisotopic (exact) mass is 513 g/mol. The molecule has 36 heavy (non-hydrogen) atoms. The topological polar surface area (TPSA) is 83.5 Å². The summed E-state index contributed by atoms with van der Waals surface area (Å²) in [5, 5.41) is 0. The summed E-state index contributed by atoms with van der Waals surface area (Å²) >= 11 is 0. The van der Waals surface area contributed by atoms with Gasteiger partial charge >= 0.3 is 12.1 Å². The van der Waals surface area contributed by atoms with E-state index in [1.165, 1.54) is 0 Å². The molecule has 0 spiro atoms. The summed E-state index contributed by atoms with van der Waals surface area (Å²) < 4.78 is 27.2. The van der Waals surface area contributed by atoms with Crippen molar-refractivity contribution in [2.45, 2.75) is 85.9 Å². The Morgan fingerprint density at radius 2 is 1.36 bits per heavy atom. The molecule has 0 fully saturated rings. The molecule has 0 N–H and O–H groups in total. The number of hydrogen-bond acceptors (Lipinski definition) is 8. The molecule has 8 heteroatoms. The van der Waals surface area contributed by atoms with E-state index in [9.17, 15) is 9.59 Å². The van der Waals surface area contributed by atoms with Crippen LogP contribution >= 0.6 is 0 Å². The van der Waals surface area contributed by atoms with Gasteiger partial charge in [-0.2, -0.15) is 0 Å². The average molecular weight is 514 g/mol. The maximum Gasteiger partial charge on any atom is 0.508 e. The summed E-state index contributed by atoms with van der Waals surface area (Å²) in [6.07, 6.45) is 12.2. The maximum atomic E-state index is 12.2. The Balaban J connectivity index is 4.14. The molecule has 1 unspecified atom stereocenters. The molecule has 0 aliphatic rings. The SMILES string of the molecule is CC/C=C\CCOC(CCC(=O)OCC(C)COC(=O)OCCCN(CC)CC)OCC/C=C\CC. The highest BCUT2D eigenvalue weighted by Gasteiger charge is 2.15. The Kier molecular flexibility index (Phi) is 23.5. The molecule has 1 atom stereocenters. The molecule has 210 valence electrons. The molecular formula is C28H51NO7. The van der Waals surface area contributed by atoms with E-state index in [0.717, 1.165) is 51.7 Å². The van der Waals surface area contributed by atoms with E-state index < -0.39 is 12.4 Å². The van der Waals surface area contributed by atoms with Gasteiger partial charge in [0.15, 0.2) is 6.29 Å². The zero-order valence-corrected chi connectivity index (χ0v) is 23.4. The normalized spacial score (nSPS) is 12.6. The molecule has 0 saturated carbocycles. The van der Waals surface area contributed by atoms with Gasteiger partial charge in [0.05, 0.1) is 32.8 Å². The first-order valence-corrected chi connectivity index (χ1v) is 13.7. The lowest BCUT2D eigenvalue weighted by Gasteiger charge is -2.18. The van der Waals surface area contributed by atoms with E-state index in [1.807, 2.05) is 6.92 Å². The predicted molar refractivity (Wildman–Crippen MR) is 143 cm³/mol. The fourth-order valence-corrected chi connectivity index (χ4v) is 3.15. The number of hydrogen-bond donors (Lipinski definition) is 0. The Hall–Kier alpha value is -1.90. The summed E-state index contributed by atoms with van der Waals surface area (Å²) in [7, 11) is 0. The molecule has 0 aliphatic carbocycles. The molecule has 0 radical (unpaired) electrons. The second kappa shape index (κ2) is 24.8. The Bertz CT molecular complexity index is 570. The Labute approximate surface area is 219 Å². The van der Waals surface area contributed by atoms with Crippen molar-refractivity contribution in [3.8, 4) is 0 Å². The maximum absolute atomic E-state index is 12.2. The lowest BCUT2D eigenvalue weighted by atomic mass is 10.2. The van der Waals surface area contributed by atoms with Gasteiger partial charge < -0.3 is 28.6 Å². The van der Waals surface area contributed by atoms with Gasteiger partial charge in [-0.1, -0.05) is 58.9 Å². The zero-order valence-electron chi connectivity index (χ0n) is 23.4. The largest absolute Gasteiger partial charge is 0.508 e. The number of nitrogens with zero attached hydrogens (tertiary/aromatic N) is 1. The predicted octanol–water partition coefficient (Wildman–Crippen LogP) is 5.90. The van der Waals surface area contributed by atoms with Crippen molar-refractivity contribution in [1.29, 1.82) is 0 Å². The van der Waals surface area contributed by atoms with Crippen LogP contribution in [0.4, 0.5) is 4.79 Å². The minimum absolute atomic E-state index is 0.129. The van der Waals surface area contributed by atoms with Crippen LogP contribution in [0.5, 0.6) is 0 Å². The van der Waals surface area contributed by atoms with Crippen molar-refractivity contribution in [1.82, 2.24) is 4.90 Å². The van der Waals surface area contributed by atoms with E-state index in [-0.39, 0.29) is 31.5 Å². The smallest absolute Gasteiger partial charge is 0.465 e. The van der Waals surface area contributed by atoms with Crippen LogP contribution < -0.4 is 0 Å². The summed E-state index contributed by atoms with van der Waals surface area (Å²) in [5.74, 6) is -0.453. The van der Waals surface area contributed by atoms with Crippen LogP contribution in [0.3, 0.4) is 0 Å². The molecule has 0 amide bonds. The van der Waals surface area contributed by atoms with E-state index in [4.69, 9.17) is 23.7 Å². The molecule has 0 bridgehead atoms. The van der Waals surface area contributed by atoms with Crippen molar-refractivity contribution in [2.75, 3.05) is 52.7 Å². The van der Waals surface area contributed by atoms with Gasteiger partial charge in [-0.3, -0.25) is 4.79 Å².